The summed E-state index contributed by atoms with van der Waals surface area (Å²) in [5, 5.41) is 6.55. The third-order valence-electron chi connectivity index (χ3n) is 2.14. The number of nitrogens with one attached hydrogen (secondary N) is 2. The first-order chi connectivity index (χ1) is 9.09. The molecule has 1 heterocycles. The number of carbonyl (C=O) groups is 2. The maximum Gasteiger partial charge on any atom is 0.295 e. The number of hydrogen-bond donors (Lipinski definition) is 3. The maximum absolute atomic E-state index is 11.8. The predicted octanol–water partition coefficient (Wildman–Crippen LogP) is 0.489. The average molecular weight is 326 g/mol. The Morgan fingerprint density at radius 2 is 1.84 bits per heavy atom. The number of carbonyl (C=O) groups excluding carboxylic acids is 2. The van der Waals surface area contributed by atoms with Crippen LogP contribution in [0.15, 0.2) is 33.4 Å². The minimum Gasteiger partial charge on any atom is -0.379 e. The van der Waals surface area contributed by atoms with E-state index in [9.17, 15) is 9.59 Å². The van der Waals surface area contributed by atoms with Gasteiger partial charge in [-0.1, -0.05) is 12.1 Å². The average Bonchev–Trinajstić information content (AvgIpc) is 2.82. The van der Waals surface area contributed by atoms with Gasteiger partial charge in [-0.25, -0.2) is 4.63 Å². The van der Waals surface area contributed by atoms with Gasteiger partial charge < -0.3 is 5.73 Å². The molecule has 0 aliphatic heterocycles. The minimum atomic E-state index is -0.723. The first-order valence-electron chi connectivity index (χ1n) is 5.03. The van der Waals surface area contributed by atoms with Crippen molar-refractivity contribution >= 4 is 33.6 Å². The Bertz CT molecular complexity index is 627. The summed E-state index contributed by atoms with van der Waals surface area (Å²) in [7, 11) is 0. The SMILES string of the molecule is Nc1nonc1C(=O)NNC(=O)c1ccccc1Br. The number of nitrogens with two attached hydrogens (primary N) is 1. The number of aromatic nitrogens is 2. The van der Waals surface area contributed by atoms with E-state index in [1.165, 1.54) is 0 Å². The van der Waals surface area contributed by atoms with Crippen LogP contribution in [0, 0.1) is 0 Å². The third kappa shape index (κ3) is 2.88. The summed E-state index contributed by atoms with van der Waals surface area (Å²) in [4.78, 5) is 23.3. The van der Waals surface area contributed by atoms with Gasteiger partial charge >= 0.3 is 0 Å². The molecule has 9 heteroatoms. The van der Waals surface area contributed by atoms with E-state index >= 15 is 0 Å². The molecule has 0 atom stereocenters. The van der Waals surface area contributed by atoms with Crippen LogP contribution in [-0.4, -0.2) is 22.1 Å². The summed E-state index contributed by atoms with van der Waals surface area (Å²) in [6.07, 6.45) is 0. The fraction of sp³-hybridized carbons (Fsp3) is 0. The second kappa shape index (κ2) is 5.48. The Hall–Kier alpha value is -2.42. The number of nitrogens with zero attached hydrogens (tertiary/aromatic N) is 2. The molecule has 0 saturated heterocycles. The fourth-order valence-corrected chi connectivity index (χ4v) is 1.70. The Kier molecular flexibility index (Phi) is 3.76. The number of amides is 2. The van der Waals surface area contributed by atoms with Gasteiger partial charge in [-0.2, -0.15) is 0 Å². The molecule has 0 aliphatic rings. The van der Waals surface area contributed by atoms with Crippen LogP contribution in [0.4, 0.5) is 5.82 Å². The van der Waals surface area contributed by atoms with E-state index in [0.29, 0.717) is 10.0 Å². The molecule has 0 saturated carbocycles. The lowest BCUT2D eigenvalue weighted by molar-refractivity contribution is 0.0841. The molecule has 0 fully saturated rings. The van der Waals surface area contributed by atoms with Gasteiger partial charge in [0.25, 0.3) is 11.8 Å². The van der Waals surface area contributed by atoms with Gasteiger partial charge in [0.05, 0.1) is 5.56 Å². The monoisotopic (exact) mass is 325 g/mol. The molecule has 0 spiro atoms. The second-order valence-corrected chi connectivity index (χ2v) is 4.24. The van der Waals surface area contributed by atoms with Crippen LogP contribution in [0.25, 0.3) is 0 Å². The van der Waals surface area contributed by atoms with E-state index in [-0.39, 0.29) is 11.5 Å². The lowest BCUT2D eigenvalue weighted by Crippen LogP contribution is -2.42. The zero-order valence-corrected chi connectivity index (χ0v) is 11.0. The second-order valence-electron chi connectivity index (χ2n) is 3.39. The van der Waals surface area contributed by atoms with Gasteiger partial charge in [-0.15, -0.1) is 0 Å². The van der Waals surface area contributed by atoms with Crippen molar-refractivity contribution < 1.29 is 14.2 Å². The highest BCUT2D eigenvalue weighted by Gasteiger charge is 2.17. The minimum absolute atomic E-state index is 0.160. The first kappa shape index (κ1) is 13.0. The predicted molar refractivity (Wildman–Crippen MR) is 67.8 cm³/mol. The lowest BCUT2D eigenvalue weighted by atomic mass is 10.2. The van der Waals surface area contributed by atoms with Crippen molar-refractivity contribution in [2.24, 2.45) is 0 Å². The van der Waals surface area contributed by atoms with Crippen LogP contribution in [0.2, 0.25) is 0 Å². The van der Waals surface area contributed by atoms with Crippen LogP contribution in [0.3, 0.4) is 0 Å². The van der Waals surface area contributed by atoms with Crippen LogP contribution in [-0.2, 0) is 0 Å². The highest BCUT2D eigenvalue weighted by Crippen LogP contribution is 2.15. The van der Waals surface area contributed by atoms with Gasteiger partial charge in [0.2, 0.25) is 11.5 Å². The van der Waals surface area contributed by atoms with E-state index in [4.69, 9.17) is 5.73 Å². The largest absolute Gasteiger partial charge is 0.379 e. The van der Waals surface area contributed by atoms with Crippen molar-refractivity contribution in [1.29, 1.82) is 0 Å². The van der Waals surface area contributed by atoms with Gasteiger partial charge in [0, 0.05) is 4.47 Å². The van der Waals surface area contributed by atoms with E-state index in [1.54, 1.807) is 24.3 Å². The lowest BCUT2D eigenvalue weighted by Gasteiger charge is -2.06. The van der Waals surface area contributed by atoms with Crippen molar-refractivity contribution in [2.45, 2.75) is 0 Å². The molecular weight excluding hydrogens is 318 g/mol. The summed E-state index contributed by atoms with van der Waals surface area (Å²) in [6.45, 7) is 0. The zero-order chi connectivity index (χ0) is 13.8. The van der Waals surface area contributed by atoms with Gasteiger partial charge in [-0.3, -0.25) is 20.4 Å². The van der Waals surface area contributed by atoms with Gasteiger partial charge in [0.1, 0.15) is 0 Å². The Morgan fingerprint density at radius 3 is 2.47 bits per heavy atom. The number of benzene rings is 1. The van der Waals surface area contributed by atoms with Crippen LogP contribution >= 0.6 is 15.9 Å². The quantitative estimate of drug-likeness (QED) is 0.690. The normalized spacial score (nSPS) is 9.95. The van der Waals surface area contributed by atoms with Crippen molar-refractivity contribution in [1.82, 2.24) is 21.2 Å². The molecule has 2 amide bonds. The highest BCUT2D eigenvalue weighted by atomic mass is 79.9. The molecule has 1 aromatic heterocycles. The molecular formula is C10H8BrN5O3. The molecule has 2 aromatic rings. The first-order valence-corrected chi connectivity index (χ1v) is 5.82. The maximum atomic E-state index is 11.8. The third-order valence-corrected chi connectivity index (χ3v) is 2.83. The molecule has 1 aromatic carbocycles. The molecule has 8 nitrogen and oxygen atoms in total. The van der Waals surface area contributed by atoms with Crippen LogP contribution < -0.4 is 16.6 Å². The summed E-state index contributed by atoms with van der Waals surface area (Å²) in [6, 6.07) is 6.76. The van der Waals surface area contributed by atoms with E-state index in [0.717, 1.165) is 0 Å². The van der Waals surface area contributed by atoms with E-state index < -0.39 is 11.8 Å². The van der Waals surface area contributed by atoms with Crippen molar-refractivity contribution in [3.8, 4) is 0 Å². The summed E-state index contributed by atoms with van der Waals surface area (Å²) in [5.41, 5.74) is 9.87. The molecule has 0 radical (unpaired) electrons. The topological polar surface area (TPSA) is 123 Å². The number of halogens is 1. The molecule has 0 bridgehead atoms. The number of nitrogen functional groups attached to an aromatic ring is 1. The van der Waals surface area contributed by atoms with E-state index in [2.05, 4.69) is 41.7 Å². The van der Waals surface area contributed by atoms with Crippen molar-refractivity contribution in [2.75, 3.05) is 5.73 Å². The summed E-state index contributed by atoms with van der Waals surface area (Å²) in [5.74, 6) is -1.37. The molecule has 2 rings (SSSR count). The van der Waals surface area contributed by atoms with Crippen molar-refractivity contribution in [3.05, 3.63) is 40.0 Å². The number of hydrogen-bond acceptors (Lipinski definition) is 6. The molecule has 98 valence electrons. The van der Waals surface area contributed by atoms with Crippen LogP contribution in [0.5, 0.6) is 0 Å². The summed E-state index contributed by atoms with van der Waals surface area (Å²) >= 11 is 3.22. The smallest absolute Gasteiger partial charge is 0.295 e. The molecule has 0 aliphatic carbocycles. The van der Waals surface area contributed by atoms with E-state index in [1.807, 2.05) is 0 Å². The van der Waals surface area contributed by atoms with Gasteiger partial charge in [0.15, 0.2) is 0 Å². The highest BCUT2D eigenvalue weighted by molar-refractivity contribution is 9.10. The zero-order valence-electron chi connectivity index (χ0n) is 9.38. The number of anilines is 1. The standard InChI is InChI=1S/C10H8BrN5O3/c11-6-4-2-1-3-5(6)9(17)13-14-10(18)7-8(12)16-19-15-7/h1-4H,(H2,12,16)(H,13,17)(H,14,18). The fourth-order valence-electron chi connectivity index (χ4n) is 1.24. The number of rotatable bonds is 2. The molecule has 19 heavy (non-hydrogen) atoms. The van der Waals surface area contributed by atoms with Gasteiger partial charge in [-0.05, 0) is 38.4 Å². The summed E-state index contributed by atoms with van der Waals surface area (Å²) < 4.78 is 4.87. The Labute approximate surface area is 115 Å². The Balaban J connectivity index is 2.00. The molecule has 4 N–H and O–H groups in total. The Morgan fingerprint density at radius 1 is 1.16 bits per heavy atom. The van der Waals surface area contributed by atoms with Crippen molar-refractivity contribution in [3.63, 3.8) is 0 Å². The molecule has 0 unspecified atom stereocenters. The number of hydrazine groups is 1. The van der Waals surface area contributed by atoms with Crippen LogP contribution in [0.1, 0.15) is 20.8 Å².